The van der Waals surface area contributed by atoms with Gasteiger partial charge in [0.25, 0.3) is 0 Å². The van der Waals surface area contributed by atoms with Crippen molar-refractivity contribution >= 4 is 5.91 Å². The maximum absolute atomic E-state index is 11.3. The molecule has 3 atom stereocenters. The van der Waals surface area contributed by atoms with Gasteiger partial charge in [-0.3, -0.25) is 4.79 Å². The van der Waals surface area contributed by atoms with Crippen molar-refractivity contribution in [3.63, 3.8) is 0 Å². The monoisotopic (exact) mass is 179 g/mol. The average Bonchev–Trinajstić information content (AvgIpc) is 2.08. The molecular weight excluding hydrogens is 166 g/mol. The van der Waals surface area contributed by atoms with Crippen molar-refractivity contribution in [3.8, 4) is 0 Å². The number of allylic oxidation sites excluding steroid dienone is 2. The molecule has 2 unspecified atom stereocenters. The van der Waals surface area contributed by atoms with Gasteiger partial charge in [-0.2, -0.15) is 0 Å². The number of hydrogen-bond acceptors (Lipinski definition) is 2. The summed E-state index contributed by atoms with van der Waals surface area (Å²) in [7, 11) is 0. The van der Waals surface area contributed by atoms with E-state index in [4.69, 9.17) is 4.74 Å². The Morgan fingerprint density at radius 3 is 3.08 bits per heavy atom. The van der Waals surface area contributed by atoms with Gasteiger partial charge in [-0.05, 0) is 13.8 Å². The van der Waals surface area contributed by atoms with E-state index < -0.39 is 0 Å². The predicted molar refractivity (Wildman–Crippen MR) is 49.2 cm³/mol. The second-order valence-electron chi connectivity index (χ2n) is 3.55. The Labute approximate surface area is 77.5 Å². The van der Waals surface area contributed by atoms with Gasteiger partial charge in [-0.25, -0.2) is 0 Å². The zero-order valence-electron chi connectivity index (χ0n) is 7.78. The second-order valence-corrected chi connectivity index (χ2v) is 3.55. The molecular formula is C10H13NO2. The van der Waals surface area contributed by atoms with E-state index in [9.17, 15) is 4.79 Å². The van der Waals surface area contributed by atoms with E-state index in [1.54, 1.807) is 6.92 Å². The Bertz CT molecular complexity index is 293. The van der Waals surface area contributed by atoms with E-state index in [1.807, 2.05) is 25.2 Å². The Hall–Kier alpha value is -1.09. The lowest BCUT2D eigenvalue weighted by Gasteiger charge is -2.34. The summed E-state index contributed by atoms with van der Waals surface area (Å²) in [6.07, 6.45) is 5.71. The summed E-state index contributed by atoms with van der Waals surface area (Å²) in [4.78, 5) is 11.3. The largest absolute Gasteiger partial charge is 0.359 e. The summed E-state index contributed by atoms with van der Waals surface area (Å²) < 4.78 is 5.51. The third kappa shape index (κ3) is 1.52. The van der Waals surface area contributed by atoms with Crippen LogP contribution in [0.15, 0.2) is 23.8 Å². The average molecular weight is 179 g/mol. The van der Waals surface area contributed by atoms with Crippen molar-refractivity contribution in [1.29, 1.82) is 0 Å². The summed E-state index contributed by atoms with van der Waals surface area (Å²) >= 11 is 0. The molecule has 1 amide bonds. The molecule has 2 aliphatic rings. The lowest BCUT2D eigenvalue weighted by molar-refractivity contribution is -0.142. The first-order valence-electron chi connectivity index (χ1n) is 4.49. The minimum absolute atomic E-state index is 0.0106. The van der Waals surface area contributed by atoms with Gasteiger partial charge in [0.2, 0.25) is 5.91 Å². The van der Waals surface area contributed by atoms with Crippen LogP contribution in [-0.2, 0) is 9.53 Å². The summed E-state index contributed by atoms with van der Waals surface area (Å²) in [5.74, 6) is -0.0272. The van der Waals surface area contributed by atoms with E-state index in [2.05, 4.69) is 5.32 Å². The first-order chi connectivity index (χ1) is 6.16. The van der Waals surface area contributed by atoms with Crippen LogP contribution in [0.4, 0.5) is 0 Å². The summed E-state index contributed by atoms with van der Waals surface area (Å²) in [5.41, 5.74) is 1.17. The third-order valence-corrected chi connectivity index (χ3v) is 2.38. The highest BCUT2D eigenvalue weighted by Crippen LogP contribution is 2.19. The molecule has 1 fully saturated rings. The van der Waals surface area contributed by atoms with Crippen LogP contribution < -0.4 is 5.32 Å². The van der Waals surface area contributed by atoms with E-state index in [0.29, 0.717) is 0 Å². The molecule has 1 aliphatic heterocycles. The predicted octanol–water partition coefficient (Wildman–Crippen LogP) is 0.775. The Balaban J connectivity index is 2.17. The zero-order chi connectivity index (χ0) is 9.42. The molecule has 13 heavy (non-hydrogen) atoms. The molecule has 0 aromatic heterocycles. The highest BCUT2D eigenvalue weighted by atomic mass is 16.5. The number of fused-ring (bicyclic) bond motifs is 1. The Morgan fingerprint density at radius 1 is 1.54 bits per heavy atom. The third-order valence-electron chi connectivity index (χ3n) is 2.38. The number of ether oxygens (including phenoxy) is 1. The Kier molecular flexibility index (Phi) is 1.96. The second kappa shape index (κ2) is 3.00. The number of carbonyl (C=O) groups excluding carboxylic acids is 1. The van der Waals surface area contributed by atoms with Gasteiger partial charge in [0, 0.05) is 0 Å². The van der Waals surface area contributed by atoms with Gasteiger partial charge in [-0.15, -0.1) is 0 Å². The van der Waals surface area contributed by atoms with Gasteiger partial charge in [0.15, 0.2) is 0 Å². The highest BCUT2D eigenvalue weighted by molar-refractivity contribution is 5.82. The molecule has 0 aromatic rings. The fraction of sp³-hybridized carbons (Fsp3) is 0.500. The summed E-state index contributed by atoms with van der Waals surface area (Å²) in [5, 5.41) is 2.91. The highest BCUT2D eigenvalue weighted by Gasteiger charge is 2.32. The molecule has 70 valence electrons. The van der Waals surface area contributed by atoms with Crippen LogP contribution in [0.5, 0.6) is 0 Å². The maximum Gasteiger partial charge on any atom is 0.249 e. The van der Waals surface area contributed by atoms with Crippen molar-refractivity contribution in [2.24, 2.45) is 0 Å². The van der Waals surface area contributed by atoms with Gasteiger partial charge in [-0.1, -0.05) is 23.8 Å². The normalized spacial score (nSPS) is 37.8. The molecule has 0 spiro atoms. The van der Waals surface area contributed by atoms with E-state index in [-0.39, 0.29) is 24.2 Å². The van der Waals surface area contributed by atoms with Crippen molar-refractivity contribution in [3.05, 3.63) is 23.8 Å². The molecule has 1 saturated heterocycles. The van der Waals surface area contributed by atoms with Crippen LogP contribution in [0.3, 0.4) is 0 Å². The molecule has 0 radical (unpaired) electrons. The van der Waals surface area contributed by atoms with Crippen molar-refractivity contribution in [2.75, 3.05) is 0 Å². The fourth-order valence-corrected chi connectivity index (χ4v) is 1.63. The number of morpholine rings is 1. The molecule has 1 aliphatic carbocycles. The van der Waals surface area contributed by atoms with E-state index >= 15 is 0 Å². The van der Waals surface area contributed by atoms with Crippen LogP contribution >= 0.6 is 0 Å². The first-order valence-corrected chi connectivity index (χ1v) is 4.49. The smallest absolute Gasteiger partial charge is 0.249 e. The molecule has 2 rings (SSSR count). The molecule has 0 saturated carbocycles. The maximum atomic E-state index is 11.3. The fourth-order valence-electron chi connectivity index (χ4n) is 1.63. The molecule has 0 aromatic carbocycles. The molecule has 1 N–H and O–H groups in total. The topological polar surface area (TPSA) is 38.3 Å². The quantitative estimate of drug-likeness (QED) is 0.596. The molecule has 3 nitrogen and oxygen atoms in total. The SMILES string of the molecule is CC1=CC2NC(=O)[C@@H](C)OC2C=C1. The van der Waals surface area contributed by atoms with Crippen molar-refractivity contribution in [1.82, 2.24) is 5.32 Å². The lowest BCUT2D eigenvalue weighted by atomic mass is 9.99. The molecule has 0 bridgehead atoms. The van der Waals surface area contributed by atoms with Gasteiger partial charge < -0.3 is 10.1 Å². The Morgan fingerprint density at radius 2 is 2.31 bits per heavy atom. The van der Waals surface area contributed by atoms with E-state index in [1.165, 1.54) is 5.57 Å². The van der Waals surface area contributed by atoms with Crippen LogP contribution in [0.2, 0.25) is 0 Å². The first kappa shape index (κ1) is 8.51. The van der Waals surface area contributed by atoms with Crippen LogP contribution in [0.1, 0.15) is 13.8 Å². The minimum atomic E-state index is -0.335. The van der Waals surface area contributed by atoms with Crippen LogP contribution in [0, 0.1) is 0 Å². The van der Waals surface area contributed by atoms with Crippen LogP contribution in [-0.4, -0.2) is 24.2 Å². The minimum Gasteiger partial charge on any atom is -0.359 e. The number of hydrogen-bond donors (Lipinski definition) is 1. The number of carbonyl (C=O) groups is 1. The summed E-state index contributed by atoms with van der Waals surface area (Å²) in [6.45, 7) is 3.78. The lowest BCUT2D eigenvalue weighted by Crippen LogP contribution is -2.54. The summed E-state index contributed by atoms with van der Waals surface area (Å²) in [6, 6.07) is 0.0219. The number of amides is 1. The van der Waals surface area contributed by atoms with Gasteiger partial charge in [0.05, 0.1) is 6.04 Å². The van der Waals surface area contributed by atoms with Crippen LogP contribution in [0.25, 0.3) is 0 Å². The van der Waals surface area contributed by atoms with E-state index in [0.717, 1.165) is 0 Å². The van der Waals surface area contributed by atoms with Gasteiger partial charge in [0.1, 0.15) is 12.2 Å². The molecule has 3 heteroatoms. The van der Waals surface area contributed by atoms with Crippen molar-refractivity contribution in [2.45, 2.75) is 32.1 Å². The zero-order valence-corrected chi connectivity index (χ0v) is 7.78. The van der Waals surface area contributed by atoms with Crippen molar-refractivity contribution < 1.29 is 9.53 Å². The van der Waals surface area contributed by atoms with Gasteiger partial charge >= 0.3 is 0 Å². The number of nitrogens with one attached hydrogen (secondary N) is 1. The standard InChI is InChI=1S/C10H13NO2/c1-6-3-4-9-8(5-6)11-10(12)7(2)13-9/h3-5,7-9H,1-2H3,(H,11,12)/t7-,8?,9?/m1/s1. The molecule has 1 heterocycles. The number of rotatable bonds is 0.